The van der Waals surface area contributed by atoms with E-state index in [0.717, 1.165) is 0 Å². The molecule has 0 aliphatic carbocycles. The van der Waals surface area contributed by atoms with Crippen molar-refractivity contribution in [2.45, 2.75) is 0 Å². The van der Waals surface area contributed by atoms with Crippen molar-refractivity contribution in [2.24, 2.45) is 0 Å². The van der Waals surface area contributed by atoms with Crippen LogP contribution in [0.25, 0.3) is 0 Å². The number of hydrogen-bond acceptors (Lipinski definition) is 4. The number of benzene rings is 1. The molecule has 1 aliphatic rings. The third-order valence-corrected chi connectivity index (χ3v) is 3.09. The molecule has 7 heteroatoms. The van der Waals surface area contributed by atoms with Crippen LogP contribution in [0.3, 0.4) is 0 Å². The second-order valence-corrected chi connectivity index (χ2v) is 4.31. The molecule has 6 nitrogen and oxygen atoms in total. The van der Waals surface area contributed by atoms with E-state index in [0.29, 0.717) is 31.9 Å². The lowest BCUT2D eigenvalue weighted by Crippen LogP contribution is -2.50. The highest BCUT2D eigenvalue weighted by atomic mass is 19.1. The third-order valence-electron chi connectivity index (χ3n) is 3.09. The van der Waals surface area contributed by atoms with Gasteiger partial charge < -0.3 is 9.80 Å². The van der Waals surface area contributed by atoms with Gasteiger partial charge in [0.25, 0.3) is 12.5 Å². The lowest BCUT2D eigenvalue weighted by Gasteiger charge is -2.35. The molecule has 0 bridgehead atoms. The summed E-state index contributed by atoms with van der Waals surface area (Å²) in [7, 11) is 0. The first kappa shape index (κ1) is 13.3. The average Bonchev–Trinajstić information content (AvgIpc) is 2.39. The Morgan fingerprint density at radius 1 is 1.26 bits per heavy atom. The number of rotatable bonds is 3. The fourth-order valence-corrected chi connectivity index (χ4v) is 2.12. The van der Waals surface area contributed by atoms with Gasteiger partial charge in [-0.25, -0.2) is 4.39 Å². The van der Waals surface area contributed by atoms with Crippen LogP contribution in [-0.2, 0) is 4.79 Å². The summed E-state index contributed by atoms with van der Waals surface area (Å²) in [5.41, 5.74) is 0.504. The van der Waals surface area contributed by atoms with Crippen LogP contribution < -0.4 is 4.90 Å². The Morgan fingerprint density at radius 3 is 2.47 bits per heavy atom. The number of piperazine rings is 1. The minimum Gasteiger partial charge on any atom is -0.366 e. The Kier molecular flexibility index (Phi) is 3.94. The van der Waals surface area contributed by atoms with Crippen molar-refractivity contribution < 1.29 is 14.1 Å². The molecule has 0 N–H and O–H groups in total. The fourth-order valence-electron chi connectivity index (χ4n) is 2.12. The zero-order valence-electron chi connectivity index (χ0n) is 10.3. The highest BCUT2D eigenvalue weighted by Gasteiger charge is 2.24. The molecule has 19 heavy (non-hydrogen) atoms. The maximum Gasteiger partial charge on any atom is 0.294 e. The Labute approximate surface area is 109 Å². The molecule has 0 atom stereocenters. The van der Waals surface area contributed by atoms with Gasteiger partial charge in [0.1, 0.15) is 5.82 Å². The Bertz CT molecular complexity index is 487. The van der Waals surface area contributed by atoms with E-state index in [4.69, 9.17) is 0 Å². The highest BCUT2D eigenvalue weighted by molar-refractivity contribution is 5.77. The topological polar surface area (TPSA) is 66.7 Å². The van der Waals surface area contributed by atoms with E-state index in [1.807, 2.05) is 4.90 Å². The quantitative estimate of drug-likeness (QED) is 0.598. The van der Waals surface area contributed by atoms with Gasteiger partial charge in [0.2, 0.25) is 0 Å². The molecule has 102 valence electrons. The zero-order chi connectivity index (χ0) is 13.8. The smallest absolute Gasteiger partial charge is 0.294 e. The van der Waals surface area contributed by atoms with Crippen molar-refractivity contribution in [2.75, 3.05) is 37.6 Å². The number of nitrogens with zero attached hydrogens (tertiary/aromatic N) is 3. The molecule has 1 amide bonds. The predicted octanol–water partition coefficient (Wildman–Crippen LogP) is 0.751. The first-order valence-electron chi connectivity index (χ1n) is 5.97. The summed E-state index contributed by atoms with van der Waals surface area (Å²) in [6.45, 7) is 1.02. The number of para-hydroxylation sites is 1. The van der Waals surface area contributed by atoms with Gasteiger partial charge in [-0.15, -0.1) is 0 Å². The molecule has 0 unspecified atom stereocenters. The van der Waals surface area contributed by atoms with Gasteiger partial charge in [-0.2, -0.15) is 0 Å². The summed E-state index contributed by atoms with van der Waals surface area (Å²) in [5.74, 6) is -0.786. The van der Waals surface area contributed by atoms with Crippen LogP contribution in [0.5, 0.6) is 0 Å². The molecular formula is C12H14FN3O3. The normalized spacial score (nSPS) is 15.4. The van der Waals surface area contributed by atoms with Gasteiger partial charge in [-0.3, -0.25) is 14.9 Å². The van der Waals surface area contributed by atoms with Gasteiger partial charge in [0.05, 0.1) is 5.69 Å². The summed E-state index contributed by atoms with van der Waals surface area (Å²) in [4.78, 5) is 24.4. The van der Waals surface area contributed by atoms with Crippen molar-refractivity contribution in [1.82, 2.24) is 4.90 Å². The van der Waals surface area contributed by atoms with E-state index in [1.54, 1.807) is 18.2 Å². The number of carbonyl (C=O) groups excluding carboxylic acids is 1. The molecule has 1 heterocycles. The molecule has 1 fully saturated rings. The van der Waals surface area contributed by atoms with E-state index in [1.165, 1.54) is 11.0 Å². The second-order valence-electron chi connectivity index (χ2n) is 4.31. The number of anilines is 1. The molecule has 1 aliphatic heterocycles. The van der Waals surface area contributed by atoms with Crippen LogP contribution in [-0.4, -0.2) is 48.5 Å². The Hall–Kier alpha value is -2.18. The van der Waals surface area contributed by atoms with E-state index >= 15 is 0 Å². The molecule has 2 rings (SSSR count). The van der Waals surface area contributed by atoms with Crippen LogP contribution in [0.2, 0.25) is 0 Å². The van der Waals surface area contributed by atoms with Crippen LogP contribution in [0, 0.1) is 15.9 Å². The largest absolute Gasteiger partial charge is 0.366 e. The lowest BCUT2D eigenvalue weighted by molar-refractivity contribution is -0.468. The van der Waals surface area contributed by atoms with E-state index in [2.05, 4.69) is 0 Å². The number of nitro groups is 1. The molecule has 1 aromatic rings. The van der Waals surface area contributed by atoms with E-state index in [-0.39, 0.29) is 5.82 Å². The highest BCUT2D eigenvalue weighted by Crippen LogP contribution is 2.20. The number of hydrogen-bond donors (Lipinski definition) is 0. The molecule has 0 aromatic heterocycles. The molecule has 0 radical (unpaired) electrons. The molecule has 0 spiro atoms. The van der Waals surface area contributed by atoms with E-state index < -0.39 is 17.4 Å². The van der Waals surface area contributed by atoms with Crippen LogP contribution in [0.15, 0.2) is 24.3 Å². The van der Waals surface area contributed by atoms with Gasteiger partial charge in [0.15, 0.2) is 0 Å². The second kappa shape index (κ2) is 5.64. The maximum absolute atomic E-state index is 13.6. The summed E-state index contributed by atoms with van der Waals surface area (Å²) >= 11 is 0. The number of amides is 1. The first-order valence-corrected chi connectivity index (χ1v) is 5.97. The summed E-state index contributed by atoms with van der Waals surface area (Å²) in [5, 5.41) is 10.3. The van der Waals surface area contributed by atoms with Crippen molar-refractivity contribution in [3.8, 4) is 0 Å². The average molecular weight is 267 g/mol. The number of halogens is 1. The summed E-state index contributed by atoms with van der Waals surface area (Å²) in [6, 6.07) is 6.45. The van der Waals surface area contributed by atoms with Gasteiger partial charge in [0, 0.05) is 31.1 Å². The van der Waals surface area contributed by atoms with Gasteiger partial charge in [-0.1, -0.05) is 12.1 Å². The van der Waals surface area contributed by atoms with Gasteiger partial charge in [-0.05, 0) is 12.1 Å². The predicted molar refractivity (Wildman–Crippen MR) is 67.1 cm³/mol. The summed E-state index contributed by atoms with van der Waals surface area (Å²) in [6.07, 6.45) is 0. The monoisotopic (exact) mass is 267 g/mol. The lowest BCUT2D eigenvalue weighted by atomic mass is 10.2. The van der Waals surface area contributed by atoms with E-state index in [9.17, 15) is 19.3 Å². The zero-order valence-corrected chi connectivity index (χ0v) is 10.3. The minimum absolute atomic E-state index is 0.299. The minimum atomic E-state index is -0.681. The van der Waals surface area contributed by atoms with Crippen molar-refractivity contribution >= 4 is 11.6 Å². The Morgan fingerprint density at radius 2 is 1.89 bits per heavy atom. The third kappa shape index (κ3) is 3.18. The van der Waals surface area contributed by atoms with Crippen molar-refractivity contribution in [1.29, 1.82) is 0 Å². The number of carbonyl (C=O) groups is 1. The standard InChI is InChI=1S/C12H14FN3O3/c13-10-3-1-2-4-11(10)14-5-7-15(8-6-14)12(17)9-16(18)19/h1-4H,5-9H2. The maximum atomic E-state index is 13.6. The van der Waals surface area contributed by atoms with Crippen molar-refractivity contribution in [3.63, 3.8) is 0 Å². The van der Waals surface area contributed by atoms with Crippen LogP contribution in [0.1, 0.15) is 0 Å². The van der Waals surface area contributed by atoms with Crippen molar-refractivity contribution in [3.05, 3.63) is 40.2 Å². The molecule has 1 saturated heterocycles. The molecular weight excluding hydrogens is 253 g/mol. The SMILES string of the molecule is O=C(C[N+](=O)[O-])N1CCN(c2ccccc2F)CC1. The Balaban J connectivity index is 1.94. The fraction of sp³-hybridized carbons (Fsp3) is 0.417. The summed E-state index contributed by atoms with van der Waals surface area (Å²) < 4.78 is 13.6. The first-order chi connectivity index (χ1) is 9.08. The van der Waals surface area contributed by atoms with Gasteiger partial charge >= 0.3 is 0 Å². The van der Waals surface area contributed by atoms with Crippen LogP contribution >= 0.6 is 0 Å². The van der Waals surface area contributed by atoms with Crippen LogP contribution in [0.4, 0.5) is 10.1 Å². The molecule has 0 saturated carbocycles. The molecule has 1 aromatic carbocycles.